The third-order valence-corrected chi connectivity index (χ3v) is 2.82. The van der Waals surface area contributed by atoms with Gasteiger partial charge in [0.25, 0.3) is 0 Å². The van der Waals surface area contributed by atoms with Crippen molar-refractivity contribution in [2.45, 2.75) is 20.4 Å². The molecule has 0 aliphatic carbocycles. The second kappa shape index (κ2) is 7.91. The van der Waals surface area contributed by atoms with Gasteiger partial charge in [-0.2, -0.15) is 5.26 Å². The van der Waals surface area contributed by atoms with Crippen LogP contribution < -0.4 is 0 Å². The second-order valence-electron chi connectivity index (χ2n) is 4.83. The summed E-state index contributed by atoms with van der Waals surface area (Å²) in [5.74, 6) is 0.430. The van der Waals surface area contributed by atoms with E-state index in [1.165, 1.54) is 0 Å². The molecule has 0 fully saturated rings. The van der Waals surface area contributed by atoms with E-state index in [4.69, 9.17) is 0 Å². The van der Waals surface area contributed by atoms with E-state index in [1.54, 1.807) is 6.08 Å². The minimum Gasteiger partial charge on any atom is -0.296 e. The Morgan fingerprint density at radius 1 is 1.35 bits per heavy atom. The lowest BCUT2D eigenvalue weighted by Crippen LogP contribution is -1.89. The number of nitrogens with zero attached hydrogens (tertiary/aromatic N) is 2. The Hall–Kier alpha value is -2.40. The lowest BCUT2D eigenvalue weighted by Gasteiger charge is -2.06. The van der Waals surface area contributed by atoms with Crippen LogP contribution in [0.2, 0.25) is 0 Å². The molecule has 0 bridgehead atoms. The highest BCUT2D eigenvalue weighted by Crippen LogP contribution is 2.22. The van der Waals surface area contributed by atoms with Crippen molar-refractivity contribution in [1.29, 1.82) is 5.26 Å². The fourth-order valence-electron chi connectivity index (χ4n) is 1.76. The van der Waals surface area contributed by atoms with E-state index in [1.807, 2.05) is 30.3 Å². The molecular formula is C18H20N2. The normalized spacial score (nSPS) is 12.1. The molecular weight excluding hydrogens is 244 g/mol. The first-order valence-electron chi connectivity index (χ1n) is 6.59. The van der Waals surface area contributed by atoms with Crippen molar-refractivity contribution < 1.29 is 0 Å². The minimum atomic E-state index is 0.430. The number of rotatable bonds is 6. The van der Waals surface area contributed by atoms with Crippen molar-refractivity contribution >= 4 is 12.3 Å². The Kier molecular flexibility index (Phi) is 6.19. The first kappa shape index (κ1) is 15.7. The molecule has 0 unspecified atom stereocenters. The van der Waals surface area contributed by atoms with E-state index in [9.17, 15) is 5.26 Å². The second-order valence-corrected chi connectivity index (χ2v) is 4.83. The molecule has 0 saturated carbocycles. The third-order valence-electron chi connectivity index (χ3n) is 2.82. The van der Waals surface area contributed by atoms with Gasteiger partial charge in [-0.25, -0.2) is 0 Å². The molecule has 2 nitrogen and oxygen atoms in total. The van der Waals surface area contributed by atoms with E-state index in [-0.39, 0.29) is 0 Å². The Bertz CT molecular complexity index is 566. The first-order valence-corrected chi connectivity index (χ1v) is 6.59. The van der Waals surface area contributed by atoms with Gasteiger partial charge in [0.1, 0.15) is 0 Å². The third kappa shape index (κ3) is 4.37. The maximum atomic E-state index is 9.23. The van der Waals surface area contributed by atoms with Crippen LogP contribution in [0.3, 0.4) is 0 Å². The zero-order valence-electron chi connectivity index (χ0n) is 12.1. The van der Waals surface area contributed by atoms with Crippen molar-refractivity contribution in [2.24, 2.45) is 10.9 Å². The minimum absolute atomic E-state index is 0.430. The van der Waals surface area contributed by atoms with Crippen LogP contribution in [0.25, 0.3) is 5.57 Å². The maximum absolute atomic E-state index is 9.23. The van der Waals surface area contributed by atoms with Crippen LogP contribution >= 0.6 is 0 Å². The molecule has 0 N–H and O–H groups in total. The molecule has 0 amide bonds. The Morgan fingerprint density at radius 3 is 2.45 bits per heavy atom. The zero-order valence-corrected chi connectivity index (χ0v) is 12.1. The van der Waals surface area contributed by atoms with E-state index in [2.05, 4.69) is 44.3 Å². The number of hydrogen-bond acceptors (Lipinski definition) is 2. The average Bonchev–Trinajstić information content (AvgIpc) is 2.44. The van der Waals surface area contributed by atoms with Gasteiger partial charge in [-0.15, -0.1) is 0 Å². The summed E-state index contributed by atoms with van der Waals surface area (Å²) in [6, 6.07) is 10.2. The molecule has 102 valence electrons. The van der Waals surface area contributed by atoms with Gasteiger partial charge < -0.3 is 0 Å². The van der Waals surface area contributed by atoms with Gasteiger partial charge in [-0.3, -0.25) is 4.99 Å². The van der Waals surface area contributed by atoms with Gasteiger partial charge in [-0.05, 0) is 29.3 Å². The molecule has 0 aromatic heterocycles. The van der Waals surface area contributed by atoms with Crippen LogP contribution in [0.1, 0.15) is 25.0 Å². The van der Waals surface area contributed by atoms with Crippen molar-refractivity contribution in [3.63, 3.8) is 0 Å². The molecule has 0 aliphatic rings. The summed E-state index contributed by atoms with van der Waals surface area (Å²) in [6.07, 6.45) is 5.67. The Balaban J connectivity index is 3.24. The van der Waals surface area contributed by atoms with Gasteiger partial charge in [0.05, 0.1) is 18.2 Å². The van der Waals surface area contributed by atoms with Crippen molar-refractivity contribution in [3.8, 4) is 6.07 Å². The van der Waals surface area contributed by atoms with Crippen LogP contribution in [0, 0.1) is 17.2 Å². The Morgan fingerprint density at radius 2 is 2.00 bits per heavy atom. The zero-order chi connectivity index (χ0) is 15.0. The van der Waals surface area contributed by atoms with Gasteiger partial charge in [0, 0.05) is 0 Å². The summed E-state index contributed by atoms with van der Waals surface area (Å²) in [7, 11) is 0. The highest BCUT2D eigenvalue weighted by Gasteiger charge is 2.04. The van der Waals surface area contributed by atoms with E-state index < -0.39 is 0 Å². The summed E-state index contributed by atoms with van der Waals surface area (Å²) in [5, 5.41) is 9.23. The summed E-state index contributed by atoms with van der Waals surface area (Å²) in [4.78, 5) is 3.86. The molecule has 0 heterocycles. The van der Waals surface area contributed by atoms with E-state index in [0.29, 0.717) is 18.0 Å². The van der Waals surface area contributed by atoms with Crippen LogP contribution in [0.5, 0.6) is 0 Å². The quantitative estimate of drug-likeness (QED) is 0.421. The lowest BCUT2D eigenvalue weighted by atomic mass is 9.97. The van der Waals surface area contributed by atoms with Crippen LogP contribution in [0.15, 0.2) is 59.6 Å². The number of hydrogen-bond donors (Lipinski definition) is 0. The first-order chi connectivity index (χ1) is 9.62. The molecule has 2 heteroatoms. The molecule has 1 aromatic rings. The maximum Gasteiger partial charge on any atom is 0.0997 e. The number of allylic oxidation sites excluding steroid dienone is 5. The van der Waals surface area contributed by atoms with Gasteiger partial charge in [0.15, 0.2) is 0 Å². The summed E-state index contributed by atoms with van der Waals surface area (Å²) in [5.41, 5.74) is 3.59. The molecule has 0 atom stereocenters. The highest BCUT2D eigenvalue weighted by atomic mass is 14.7. The molecule has 0 saturated heterocycles. The monoisotopic (exact) mass is 264 g/mol. The summed E-state index contributed by atoms with van der Waals surface area (Å²) >= 11 is 0. The predicted octanol–water partition coefficient (Wildman–Crippen LogP) is 4.56. The van der Waals surface area contributed by atoms with Gasteiger partial charge >= 0.3 is 0 Å². The fourth-order valence-corrected chi connectivity index (χ4v) is 1.76. The van der Waals surface area contributed by atoms with Crippen LogP contribution in [-0.4, -0.2) is 6.72 Å². The molecule has 0 radical (unpaired) electrons. The molecule has 1 aromatic carbocycles. The number of benzene rings is 1. The van der Waals surface area contributed by atoms with Crippen molar-refractivity contribution in [3.05, 3.63) is 65.8 Å². The molecule has 20 heavy (non-hydrogen) atoms. The number of aliphatic imine (C=N–C) groups is 1. The smallest absolute Gasteiger partial charge is 0.0997 e. The SMILES string of the molecule is C=C/C(C#N)=C(\C=C/C(C)C)c1ccc(CN=C)cc1. The molecule has 0 spiro atoms. The Labute approximate surface area is 121 Å². The highest BCUT2D eigenvalue weighted by molar-refractivity contribution is 5.81. The van der Waals surface area contributed by atoms with Gasteiger partial charge in [0.2, 0.25) is 0 Å². The van der Waals surface area contributed by atoms with E-state index in [0.717, 1.165) is 16.7 Å². The predicted molar refractivity (Wildman–Crippen MR) is 86.4 cm³/mol. The van der Waals surface area contributed by atoms with Crippen molar-refractivity contribution in [2.75, 3.05) is 0 Å². The van der Waals surface area contributed by atoms with E-state index >= 15 is 0 Å². The standard InChI is InChI=1S/C18H20N2/c1-5-16(12-19)18(11-6-14(2)3)17-9-7-15(8-10-17)13-20-4/h5-11,14H,1,4,13H2,2-3H3/b11-6-,18-16-. The fraction of sp³-hybridized carbons (Fsp3) is 0.222. The summed E-state index contributed by atoms with van der Waals surface area (Å²) in [6.45, 7) is 12.0. The largest absolute Gasteiger partial charge is 0.296 e. The average molecular weight is 264 g/mol. The number of nitriles is 1. The topological polar surface area (TPSA) is 36.1 Å². The van der Waals surface area contributed by atoms with Crippen LogP contribution in [0.4, 0.5) is 0 Å². The van der Waals surface area contributed by atoms with Crippen LogP contribution in [-0.2, 0) is 6.54 Å². The van der Waals surface area contributed by atoms with Crippen molar-refractivity contribution in [1.82, 2.24) is 0 Å². The molecule has 1 rings (SSSR count). The lowest BCUT2D eigenvalue weighted by molar-refractivity contribution is 0.832. The summed E-state index contributed by atoms with van der Waals surface area (Å²) < 4.78 is 0. The van der Waals surface area contributed by atoms with Gasteiger partial charge in [-0.1, -0.05) is 62.9 Å². The molecule has 0 aliphatic heterocycles.